The second-order valence-corrected chi connectivity index (χ2v) is 4.22. The van der Waals surface area contributed by atoms with Crippen molar-refractivity contribution in [1.29, 1.82) is 0 Å². The fourth-order valence-corrected chi connectivity index (χ4v) is 1.89. The van der Waals surface area contributed by atoms with E-state index in [4.69, 9.17) is 4.74 Å². The number of nitrogens with zero attached hydrogens (tertiary/aromatic N) is 2. The van der Waals surface area contributed by atoms with E-state index in [0.717, 1.165) is 18.7 Å². The monoisotopic (exact) mass is 238 g/mol. The van der Waals surface area contributed by atoms with E-state index in [1.165, 1.54) is 0 Å². The summed E-state index contributed by atoms with van der Waals surface area (Å²) in [5, 5.41) is 10.0. The average molecular weight is 238 g/mol. The van der Waals surface area contributed by atoms with Crippen LogP contribution in [-0.2, 0) is 16.1 Å². The predicted octanol–water partition coefficient (Wildman–Crippen LogP) is 0.218. The van der Waals surface area contributed by atoms with Crippen LogP contribution in [0.3, 0.4) is 0 Å². The molecule has 0 aromatic carbocycles. The first-order valence-corrected chi connectivity index (χ1v) is 5.80. The summed E-state index contributed by atoms with van der Waals surface area (Å²) in [5.74, 6) is -0.0581. The van der Waals surface area contributed by atoms with E-state index >= 15 is 0 Å². The number of carbonyl (C=O) groups is 1. The Morgan fingerprint density at radius 2 is 2.53 bits per heavy atom. The maximum Gasteiger partial charge on any atom is 0.241 e. The largest absolute Gasteiger partial charge is 0.377 e. The highest BCUT2D eigenvalue weighted by Crippen LogP contribution is 2.18. The molecule has 0 bridgehead atoms. The summed E-state index contributed by atoms with van der Waals surface area (Å²) >= 11 is 0. The molecule has 0 radical (unpaired) electrons. The van der Waals surface area contributed by atoms with Gasteiger partial charge in [0.1, 0.15) is 6.54 Å². The lowest BCUT2D eigenvalue weighted by Crippen LogP contribution is -2.26. The minimum absolute atomic E-state index is 0.0581. The summed E-state index contributed by atoms with van der Waals surface area (Å²) in [6, 6.07) is 0.327. The third-order valence-electron chi connectivity index (χ3n) is 2.95. The molecule has 2 atom stereocenters. The summed E-state index contributed by atoms with van der Waals surface area (Å²) in [6.07, 6.45) is 4.79. The van der Waals surface area contributed by atoms with E-state index in [9.17, 15) is 4.79 Å². The smallest absolute Gasteiger partial charge is 0.241 e. The first-order chi connectivity index (χ1) is 8.19. The van der Waals surface area contributed by atoms with Crippen LogP contribution in [-0.4, -0.2) is 41.5 Å². The molecular formula is C11H18N4O2. The Balaban J connectivity index is 1.91. The molecule has 1 saturated heterocycles. The van der Waals surface area contributed by atoms with Gasteiger partial charge in [0.05, 0.1) is 24.0 Å². The number of anilines is 1. The van der Waals surface area contributed by atoms with Crippen molar-refractivity contribution in [3.05, 3.63) is 12.4 Å². The number of ether oxygens (including phenoxy) is 1. The molecule has 1 aromatic rings. The van der Waals surface area contributed by atoms with E-state index in [-0.39, 0.29) is 18.6 Å². The molecule has 0 saturated carbocycles. The standard InChI is InChI=1S/C11H18N4O2/c1-8-10(3-4-17-8)14-9-5-13-15(6-9)7-11(16)12-2/h5-6,8,10,14H,3-4,7H2,1-2H3,(H,12,16). The molecule has 17 heavy (non-hydrogen) atoms. The maximum atomic E-state index is 11.2. The van der Waals surface area contributed by atoms with Gasteiger partial charge in [-0.1, -0.05) is 0 Å². The highest BCUT2D eigenvalue weighted by atomic mass is 16.5. The summed E-state index contributed by atoms with van der Waals surface area (Å²) < 4.78 is 7.09. The van der Waals surface area contributed by atoms with Gasteiger partial charge in [-0.05, 0) is 13.3 Å². The van der Waals surface area contributed by atoms with E-state index in [2.05, 4.69) is 22.7 Å². The van der Waals surface area contributed by atoms with Crippen LogP contribution in [0, 0.1) is 0 Å². The van der Waals surface area contributed by atoms with Crippen molar-refractivity contribution >= 4 is 11.6 Å². The van der Waals surface area contributed by atoms with Crippen LogP contribution in [0.15, 0.2) is 12.4 Å². The Hall–Kier alpha value is -1.56. The van der Waals surface area contributed by atoms with E-state index < -0.39 is 0 Å². The lowest BCUT2D eigenvalue weighted by atomic mass is 10.1. The quantitative estimate of drug-likeness (QED) is 0.787. The molecule has 2 heterocycles. The van der Waals surface area contributed by atoms with Crippen molar-refractivity contribution in [3.63, 3.8) is 0 Å². The fraction of sp³-hybridized carbons (Fsp3) is 0.636. The number of hydrogen-bond donors (Lipinski definition) is 2. The Morgan fingerprint density at radius 3 is 3.18 bits per heavy atom. The summed E-state index contributed by atoms with van der Waals surface area (Å²) in [6.45, 7) is 3.10. The molecule has 2 N–H and O–H groups in total. The normalized spacial score (nSPS) is 23.6. The molecule has 2 unspecified atom stereocenters. The van der Waals surface area contributed by atoms with Crippen LogP contribution in [0.5, 0.6) is 0 Å². The molecular weight excluding hydrogens is 220 g/mol. The molecule has 94 valence electrons. The molecule has 2 rings (SSSR count). The zero-order valence-corrected chi connectivity index (χ0v) is 10.1. The van der Waals surface area contributed by atoms with Crippen molar-refractivity contribution in [2.24, 2.45) is 0 Å². The fourth-order valence-electron chi connectivity index (χ4n) is 1.89. The van der Waals surface area contributed by atoms with Crippen molar-refractivity contribution in [2.45, 2.75) is 32.0 Å². The minimum atomic E-state index is -0.0581. The Bertz CT molecular complexity index is 391. The van der Waals surface area contributed by atoms with Gasteiger partial charge < -0.3 is 15.4 Å². The van der Waals surface area contributed by atoms with Gasteiger partial charge in [-0.2, -0.15) is 5.10 Å². The molecule has 0 aliphatic carbocycles. The Morgan fingerprint density at radius 1 is 1.71 bits per heavy atom. The van der Waals surface area contributed by atoms with Crippen molar-refractivity contribution in [1.82, 2.24) is 15.1 Å². The van der Waals surface area contributed by atoms with Crippen LogP contribution in [0.2, 0.25) is 0 Å². The number of rotatable bonds is 4. The van der Waals surface area contributed by atoms with Gasteiger partial charge in [-0.15, -0.1) is 0 Å². The maximum absolute atomic E-state index is 11.2. The molecule has 1 aliphatic heterocycles. The van der Waals surface area contributed by atoms with Gasteiger partial charge in [0.25, 0.3) is 0 Å². The second-order valence-electron chi connectivity index (χ2n) is 4.22. The van der Waals surface area contributed by atoms with Gasteiger partial charge in [0, 0.05) is 19.9 Å². The number of likely N-dealkylation sites (N-methyl/N-ethyl adjacent to an activating group) is 1. The first-order valence-electron chi connectivity index (χ1n) is 5.80. The predicted molar refractivity (Wildman–Crippen MR) is 63.7 cm³/mol. The highest BCUT2D eigenvalue weighted by Gasteiger charge is 2.24. The van der Waals surface area contributed by atoms with Crippen LogP contribution in [0.25, 0.3) is 0 Å². The van der Waals surface area contributed by atoms with Gasteiger partial charge in [0.2, 0.25) is 5.91 Å². The molecule has 6 nitrogen and oxygen atoms in total. The topological polar surface area (TPSA) is 68.2 Å². The highest BCUT2D eigenvalue weighted by molar-refractivity contribution is 5.75. The lowest BCUT2D eigenvalue weighted by molar-refractivity contribution is -0.121. The van der Waals surface area contributed by atoms with Crippen LogP contribution < -0.4 is 10.6 Å². The molecule has 1 aromatic heterocycles. The van der Waals surface area contributed by atoms with Crippen LogP contribution >= 0.6 is 0 Å². The van der Waals surface area contributed by atoms with E-state index in [1.807, 2.05) is 6.20 Å². The molecule has 1 amide bonds. The Kier molecular flexibility index (Phi) is 3.63. The van der Waals surface area contributed by atoms with E-state index in [1.54, 1.807) is 17.9 Å². The number of hydrogen-bond acceptors (Lipinski definition) is 4. The van der Waals surface area contributed by atoms with Gasteiger partial charge in [-0.3, -0.25) is 9.48 Å². The summed E-state index contributed by atoms with van der Waals surface area (Å²) in [5.41, 5.74) is 0.927. The number of nitrogens with one attached hydrogen (secondary N) is 2. The van der Waals surface area contributed by atoms with Crippen molar-refractivity contribution in [2.75, 3.05) is 19.0 Å². The summed E-state index contributed by atoms with van der Waals surface area (Å²) in [4.78, 5) is 11.2. The van der Waals surface area contributed by atoms with Crippen LogP contribution in [0.4, 0.5) is 5.69 Å². The number of carbonyl (C=O) groups excluding carboxylic acids is 1. The van der Waals surface area contributed by atoms with E-state index in [0.29, 0.717) is 6.04 Å². The minimum Gasteiger partial charge on any atom is -0.377 e. The zero-order valence-electron chi connectivity index (χ0n) is 10.1. The molecule has 0 spiro atoms. The summed E-state index contributed by atoms with van der Waals surface area (Å²) in [7, 11) is 1.61. The van der Waals surface area contributed by atoms with Gasteiger partial charge in [0.15, 0.2) is 0 Å². The third-order valence-corrected chi connectivity index (χ3v) is 2.95. The molecule has 1 fully saturated rings. The van der Waals surface area contributed by atoms with Crippen molar-refractivity contribution < 1.29 is 9.53 Å². The third kappa shape index (κ3) is 2.97. The molecule has 6 heteroatoms. The first kappa shape index (κ1) is 11.9. The SMILES string of the molecule is CNC(=O)Cn1cc(NC2CCOC2C)cn1. The number of amides is 1. The Labute approximate surface area is 100 Å². The second kappa shape index (κ2) is 5.18. The average Bonchev–Trinajstić information content (AvgIpc) is 2.90. The van der Waals surface area contributed by atoms with Gasteiger partial charge >= 0.3 is 0 Å². The van der Waals surface area contributed by atoms with Gasteiger partial charge in [-0.25, -0.2) is 0 Å². The molecule has 1 aliphatic rings. The van der Waals surface area contributed by atoms with Crippen LogP contribution in [0.1, 0.15) is 13.3 Å². The zero-order chi connectivity index (χ0) is 12.3. The van der Waals surface area contributed by atoms with Crippen molar-refractivity contribution in [3.8, 4) is 0 Å². The number of aromatic nitrogens is 2. The lowest BCUT2D eigenvalue weighted by Gasteiger charge is -2.15.